The molecule has 10 nitrogen and oxygen atoms in total. The summed E-state index contributed by atoms with van der Waals surface area (Å²) in [5, 5.41) is 4.71. The van der Waals surface area contributed by atoms with Crippen molar-refractivity contribution in [3.63, 3.8) is 0 Å². The zero-order chi connectivity index (χ0) is 27.9. The van der Waals surface area contributed by atoms with Crippen LogP contribution in [0.3, 0.4) is 0 Å². The number of hydrogen-bond acceptors (Lipinski definition) is 8. The molecule has 2 aromatic rings. The fraction of sp³-hybridized carbons (Fsp3) is 0.458. The molecule has 1 aromatic carbocycles. The molecule has 0 spiro atoms. The quantitative estimate of drug-likeness (QED) is 0.477. The van der Waals surface area contributed by atoms with E-state index < -0.39 is 43.6 Å². The molecule has 4 aliphatic rings. The van der Waals surface area contributed by atoms with E-state index in [-0.39, 0.29) is 63.1 Å². The summed E-state index contributed by atoms with van der Waals surface area (Å²) >= 11 is 7.30. The van der Waals surface area contributed by atoms with E-state index in [1.807, 2.05) is 0 Å². The lowest BCUT2D eigenvalue weighted by Gasteiger charge is -2.45. The number of benzene rings is 1. The van der Waals surface area contributed by atoms with Gasteiger partial charge in [-0.3, -0.25) is 9.59 Å². The summed E-state index contributed by atoms with van der Waals surface area (Å²) in [6, 6.07) is 3.58. The molecule has 1 saturated heterocycles. The van der Waals surface area contributed by atoms with E-state index in [2.05, 4.69) is 14.4 Å². The van der Waals surface area contributed by atoms with Crippen LogP contribution in [0.25, 0.3) is 0 Å². The minimum Gasteiger partial charge on any atom is -0.333 e. The van der Waals surface area contributed by atoms with Crippen LogP contribution in [0.15, 0.2) is 32.9 Å². The van der Waals surface area contributed by atoms with Crippen molar-refractivity contribution < 1.29 is 30.8 Å². The lowest BCUT2D eigenvalue weighted by Crippen LogP contribution is -2.61. The number of piperidine rings is 1. The van der Waals surface area contributed by atoms with Gasteiger partial charge in [-0.05, 0) is 54.2 Å². The van der Waals surface area contributed by atoms with Crippen LogP contribution in [0.4, 0.5) is 9.39 Å². The Labute approximate surface area is 233 Å². The summed E-state index contributed by atoms with van der Waals surface area (Å²) in [6.07, 6.45) is 3.51. The minimum atomic E-state index is -4.35. The Morgan fingerprint density at radius 3 is 2.69 bits per heavy atom. The van der Waals surface area contributed by atoms with E-state index in [0.717, 1.165) is 36.9 Å². The van der Waals surface area contributed by atoms with Gasteiger partial charge in [0.2, 0.25) is 15.9 Å². The Bertz CT molecular complexity index is 1660. The first-order valence-electron chi connectivity index (χ1n) is 12.3. The molecule has 2 bridgehead atoms. The SMILES string of the molecule is CS(=O)(=O)NCc1csc2c1S(=O)(=O)N=C(C1C(=O)[C@@H]3[C@H]4CC[C@H](C4)[C@@H]3N(Cc3ccc(F)cc3Cl)C1=O)N2. The molecule has 39 heavy (non-hydrogen) atoms. The first-order valence-corrected chi connectivity index (χ1v) is 16.9. The summed E-state index contributed by atoms with van der Waals surface area (Å²) in [4.78, 5) is 29.2. The Balaban J connectivity index is 1.37. The van der Waals surface area contributed by atoms with Crippen LogP contribution < -0.4 is 10.0 Å². The number of sulfonamides is 2. The lowest BCUT2D eigenvalue weighted by molar-refractivity contribution is -0.153. The number of amidine groups is 1. The molecular weight excluding hydrogens is 591 g/mol. The Morgan fingerprint density at radius 2 is 1.97 bits per heavy atom. The minimum absolute atomic E-state index is 0.0533. The van der Waals surface area contributed by atoms with Gasteiger partial charge in [-0.2, -0.15) is 8.42 Å². The fourth-order valence-corrected chi connectivity index (χ4v) is 9.82. The number of thiophene rings is 1. The highest BCUT2D eigenvalue weighted by Crippen LogP contribution is 2.54. The first-order chi connectivity index (χ1) is 18.3. The van der Waals surface area contributed by atoms with Gasteiger partial charge in [-0.25, -0.2) is 17.5 Å². The first kappa shape index (κ1) is 26.8. The molecule has 208 valence electrons. The lowest BCUT2D eigenvalue weighted by atomic mass is 9.73. The highest BCUT2D eigenvalue weighted by atomic mass is 35.5. The maximum absolute atomic E-state index is 14.0. The molecule has 1 amide bonds. The Hall–Kier alpha value is -2.39. The fourth-order valence-electron chi connectivity index (χ4n) is 6.53. The number of carbonyl (C=O) groups excluding carboxylic acids is 2. The molecule has 6 rings (SSSR count). The van der Waals surface area contributed by atoms with Gasteiger partial charge in [0.15, 0.2) is 11.7 Å². The van der Waals surface area contributed by atoms with Gasteiger partial charge in [-0.1, -0.05) is 17.7 Å². The van der Waals surface area contributed by atoms with Crippen LogP contribution in [-0.2, 0) is 42.7 Å². The predicted octanol–water partition coefficient (Wildman–Crippen LogP) is 2.74. The summed E-state index contributed by atoms with van der Waals surface area (Å²) in [6.45, 7) is -0.200. The number of nitrogens with one attached hydrogen (secondary N) is 2. The van der Waals surface area contributed by atoms with Crippen molar-refractivity contribution >= 4 is 65.5 Å². The number of fused-ring (bicyclic) bond motifs is 6. The van der Waals surface area contributed by atoms with Crippen molar-refractivity contribution in [2.45, 2.75) is 43.3 Å². The topological polar surface area (TPSA) is 142 Å². The van der Waals surface area contributed by atoms with Crippen molar-refractivity contribution in [3.05, 3.63) is 45.5 Å². The molecule has 2 aliphatic heterocycles. The maximum Gasteiger partial charge on any atom is 0.287 e. The molecule has 1 unspecified atom stereocenters. The van der Waals surface area contributed by atoms with E-state index >= 15 is 0 Å². The van der Waals surface area contributed by atoms with Crippen molar-refractivity contribution in [2.75, 3.05) is 11.6 Å². The van der Waals surface area contributed by atoms with Crippen LogP contribution in [0.1, 0.15) is 30.4 Å². The molecule has 3 heterocycles. The summed E-state index contributed by atoms with van der Waals surface area (Å²) < 4.78 is 69.4. The zero-order valence-corrected chi connectivity index (χ0v) is 23.8. The number of hydrogen-bond donors (Lipinski definition) is 2. The van der Waals surface area contributed by atoms with Crippen molar-refractivity contribution in [3.8, 4) is 0 Å². The molecule has 2 saturated carbocycles. The normalized spacial score (nSPS) is 29.2. The van der Waals surface area contributed by atoms with Crippen LogP contribution in [0.5, 0.6) is 0 Å². The second-order valence-corrected chi connectivity index (χ2v) is 15.1. The van der Waals surface area contributed by atoms with Crippen LogP contribution in [0, 0.1) is 29.5 Å². The standard InChI is InChI=1S/C24H24ClFN4O6S3/c1-38(33,34)27-8-14-10-37-23-21(14)39(35,36)29-22(28-23)18-20(31)17-11-2-3-12(6-11)19(17)30(24(18)32)9-13-4-5-15(26)7-16(13)25/h4-5,7,10-12,17-19,27H,2-3,6,8-9H2,1H3,(H,28,29)/t11-,12+,17+,18?,19-/m0/s1. The summed E-state index contributed by atoms with van der Waals surface area (Å²) in [7, 11) is -7.93. The Kier molecular flexibility index (Phi) is 6.42. The molecular formula is C24H24ClFN4O6S3. The second-order valence-electron chi connectivity index (χ2n) is 10.5. The molecule has 2 N–H and O–H groups in total. The van der Waals surface area contributed by atoms with Crippen LogP contribution in [0.2, 0.25) is 5.02 Å². The molecule has 15 heteroatoms. The largest absolute Gasteiger partial charge is 0.333 e. The van der Waals surface area contributed by atoms with Gasteiger partial charge < -0.3 is 10.2 Å². The predicted molar refractivity (Wildman–Crippen MR) is 143 cm³/mol. The van der Waals surface area contributed by atoms with Crippen LogP contribution >= 0.6 is 22.9 Å². The number of Topliss-reactive ketones (excluding diaryl/α,β-unsaturated/α-hetero) is 1. The molecule has 5 atom stereocenters. The number of carbonyl (C=O) groups is 2. The van der Waals surface area contributed by atoms with Crippen molar-refractivity contribution in [1.29, 1.82) is 0 Å². The number of rotatable bonds is 6. The van der Waals surface area contributed by atoms with Crippen molar-refractivity contribution in [1.82, 2.24) is 9.62 Å². The number of ketones is 1. The number of amides is 1. The number of likely N-dealkylation sites (tertiary alicyclic amines) is 1. The third kappa shape index (κ3) is 4.59. The number of nitrogens with zero attached hydrogens (tertiary/aromatic N) is 2. The van der Waals surface area contributed by atoms with Gasteiger partial charge in [0.25, 0.3) is 10.0 Å². The average molecular weight is 615 g/mol. The highest BCUT2D eigenvalue weighted by molar-refractivity contribution is 7.91. The van der Waals surface area contributed by atoms with Gasteiger partial charge in [0, 0.05) is 35.6 Å². The van der Waals surface area contributed by atoms with Gasteiger partial charge in [0.05, 0.1) is 6.26 Å². The van der Waals surface area contributed by atoms with Gasteiger partial charge in [0.1, 0.15) is 21.5 Å². The van der Waals surface area contributed by atoms with E-state index in [1.165, 1.54) is 23.6 Å². The molecule has 0 radical (unpaired) electrons. The zero-order valence-electron chi connectivity index (χ0n) is 20.6. The van der Waals surface area contributed by atoms with Crippen LogP contribution in [-0.4, -0.2) is 51.6 Å². The molecule has 3 fully saturated rings. The van der Waals surface area contributed by atoms with E-state index in [4.69, 9.17) is 11.6 Å². The van der Waals surface area contributed by atoms with E-state index in [0.29, 0.717) is 5.56 Å². The average Bonchev–Trinajstić information content (AvgIpc) is 3.56. The maximum atomic E-state index is 14.0. The number of halogens is 2. The van der Waals surface area contributed by atoms with E-state index in [9.17, 15) is 30.8 Å². The monoisotopic (exact) mass is 614 g/mol. The second kappa shape index (κ2) is 9.33. The third-order valence-electron chi connectivity index (χ3n) is 8.06. The highest BCUT2D eigenvalue weighted by Gasteiger charge is 2.61. The van der Waals surface area contributed by atoms with E-state index in [1.54, 1.807) is 4.90 Å². The Morgan fingerprint density at radius 1 is 1.23 bits per heavy atom. The summed E-state index contributed by atoms with van der Waals surface area (Å²) in [5.74, 6) is -3.38. The smallest absolute Gasteiger partial charge is 0.287 e. The number of anilines is 1. The molecule has 1 aromatic heterocycles. The van der Waals surface area contributed by atoms with Gasteiger partial charge >= 0.3 is 0 Å². The van der Waals surface area contributed by atoms with Crippen molar-refractivity contribution in [2.24, 2.45) is 28.1 Å². The third-order valence-corrected chi connectivity index (χ3v) is 11.6. The summed E-state index contributed by atoms with van der Waals surface area (Å²) in [5.41, 5.74) is 0.730. The van der Waals surface area contributed by atoms with Gasteiger partial charge in [-0.15, -0.1) is 15.7 Å². The molecule has 2 aliphatic carbocycles.